The van der Waals surface area contributed by atoms with E-state index < -0.39 is 0 Å². The number of alkyl carbamates (subject to hydrolysis) is 1. The molecule has 1 spiro atoms. The fourth-order valence-electron chi connectivity index (χ4n) is 5.16. The van der Waals surface area contributed by atoms with Gasteiger partial charge in [0, 0.05) is 19.0 Å². The Morgan fingerprint density at radius 2 is 1.96 bits per heavy atom. The zero-order chi connectivity index (χ0) is 18.8. The van der Waals surface area contributed by atoms with Crippen LogP contribution in [0.3, 0.4) is 0 Å². The summed E-state index contributed by atoms with van der Waals surface area (Å²) in [5.74, 6) is 1.62. The molecule has 1 aromatic rings. The summed E-state index contributed by atoms with van der Waals surface area (Å²) in [7, 11) is 1.95. The van der Waals surface area contributed by atoms with E-state index in [9.17, 15) is 9.59 Å². The zero-order valence-corrected chi connectivity index (χ0v) is 16.2. The van der Waals surface area contributed by atoms with Gasteiger partial charge in [0.05, 0.1) is 5.54 Å². The second-order valence-electron chi connectivity index (χ2n) is 9.25. The topological polar surface area (TPSA) is 58.6 Å². The van der Waals surface area contributed by atoms with Gasteiger partial charge in [-0.1, -0.05) is 18.2 Å². The summed E-state index contributed by atoms with van der Waals surface area (Å²) in [6, 6.07) is 7.33. The number of nitrogens with one attached hydrogen (secondary N) is 1. The van der Waals surface area contributed by atoms with E-state index in [0.29, 0.717) is 31.4 Å². The predicted octanol–water partition coefficient (Wildman–Crippen LogP) is 3.47. The lowest BCUT2D eigenvalue weighted by Gasteiger charge is -2.47. The van der Waals surface area contributed by atoms with E-state index in [2.05, 4.69) is 30.4 Å². The normalized spacial score (nSPS) is 34.4. The molecule has 5 heteroatoms. The van der Waals surface area contributed by atoms with Crippen LogP contribution in [-0.2, 0) is 9.53 Å². The Morgan fingerprint density at radius 3 is 2.59 bits per heavy atom. The number of carbonyl (C=O) groups is 2. The lowest BCUT2D eigenvalue weighted by molar-refractivity contribution is -0.143. The monoisotopic (exact) mass is 368 g/mol. The van der Waals surface area contributed by atoms with Crippen molar-refractivity contribution in [2.24, 2.45) is 5.92 Å². The zero-order valence-electron chi connectivity index (χ0n) is 16.2. The fourth-order valence-corrected chi connectivity index (χ4v) is 5.16. The van der Waals surface area contributed by atoms with Crippen LogP contribution in [0, 0.1) is 12.8 Å². The predicted molar refractivity (Wildman–Crippen MR) is 102 cm³/mol. The highest BCUT2D eigenvalue weighted by Crippen LogP contribution is 2.46. The van der Waals surface area contributed by atoms with Crippen LogP contribution in [-0.4, -0.2) is 42.1 Å². The van der Waals surface area contributed by atoms with Gasteiger partial charge in [0.1, 0.15) is 6.61 Å². The van der Waals surface area contributed by atoms with E-state index >= 15 is 0 Å². The van der Waals surface area contributed by atoms with E-state index in [0.717, 1.165) is 18.8 Å². The third kappa shape index (κ3) is 2.91. The third-order valence-corrected chi connectivity index (χ3v) is 7.27. The Labute approximate surface area is 160 Å². The van der Waals surface area contributed by atoms with Crippen molar-refractivity contribution in [2.45, 2.75) is 68.9 Å². The van der Waals surface area contributed by atoms with Crippen molar-refractivity contribution in [2.75, 3.05) is 13.7 Å². The number of hydrogen-bond donors (Lipinski definition) is 1. The number of benzene rings is 1. The summed E-state index contributed by atoms with van der Waals surface area (Å²) in [6.07, 6.45) is 5.87. The van der Waals surface area contributed by atoms with Crippen molar-refractivity contribution in [1.29, 1.82) is 0 Å². The van der Waals surface area contributed by atoms with Crippen molar-refractivity contribution < 1.29 is 14.3 Å². The number of ether oxygens (including phenoxy) is 1. The highest BCUT2D eigenvalue weighted by molar-refractivity contribution is 5.81. The Balaban J connectivity index is 1.16. The summed E-state index contributed by atoms with van der Waals surface area (Å²) < 4.78 is 5.01. The van der Waals surface area contributed by atoms with Gasteiger partial charge in [-0.2, -0.15) is 0 Å². The SMILES string of the molecule is Cc1ccc(C2CC(N(C)C(=O)C3CC4(COC(=O)N4)C3)C2)cc1C1CC1. The summed E-state index contributed by atoms with van der Waals surface area (Å²) in [6.45, 7) is 2.62. The Morgan fingerprint density at radius 1 is 1.22 bits per heavy atom. The first-order chi connectivity index (χ1) is 12.9. The van der Waals surface area contributed by atoms with Gasteiger partial charge < -0.3 is 15.0 Å². The molecule has 4 aliphatic rings. The molecule has 0 atom stereocenters. The molecule has 0 radical (unpaired) electrons. The number of carbonyl (C=O) groups excluding carboxylic acids is 2. The summed E-state index contributed by atoms with van der Waals surface area (Å²) in [4.78, 5) is 26.0. The van der Waals surface area contributed by atoms with Crippen LogP contribution in [0.4, 0.5) is 4.79 Å². The van der Waals surface area contributed by atoms with Crippen LogP contribution >= 0.6 is 0 Å². The molecule has 1 heterocycles. The van der Waals surface area contributed by atoms with Gasteiger partial charge in [-0.05, 0) is 74.0 Å². The molecule has 3 saturated carbocycles. The Kier molecular flexibility index (Phi) is 3.78. The molecule has 0 bridgehead atoms. The van der Waals surface area contributed by atoms with E-state index in [1.54, 1.807) is 5.56 Å². The average Bonchev–Trinajstić information content (AvgIpc) is 3.34. The minimum Gasteiger partial charge on any atom is -0.447 e. The number of hydrogen-bond acceptors (Lipinski definition) is 3. The molecule has 2 amide bonds. The number of nitrogens with zero attached hydrogens (tertiary/aromatic N) is 1. The number of aryl methyl sites for hydroxylation is 1. The van der Waals surface area contributed by atoms with E-state index in [1.165, 1.54) is 24.0 Å². The minimum absolute atomic E-state index is 0.0249. The Hall–Kier alpha value is -2.04. The minimum atomic E-state index is -0.347. The first-order valence-corrected chi connectivity index (χ1v) is 10.3. The molecule has 5 nitrogen and oxygen atoms in total. The van der Waals surface area contributed by atoms with Crippen molar-refractivity contribution in [3.05, 3.63) is 34.9 Å². The molecule has 3 aliphatic carbocycles. The molecule has 27 heavy (non-hydrogen) atoms. The molecule has 1 aromatic carbocycles. The van der Waals surface area contributed by atoms with Gasteiger partial charge >= 0.3 is 6.09 Å². The first-order valence-electron chi connectivity index (χ1n) is 10.3. The number of amides is 2. The van der Waals surface area contributed by atoms with Crippen molar-refractivity contribution in [3.63, 3.8) is 0 Å². The molecule has 144 valence electrons. The lowest BCUT2D eigenvalue weighted by Crippen LogP contribution is -2.59. The molecular weight excluding hydrogens is 340 g/mol. The van der Waals surface area contributed by atoms with Crippen molar-refractivity contribution in [3.8, 4) is 0 Å². The number of rotatable bonds is 4. The highest BCUT2D eigenvalue weighted by Gasteiger charge is 2.53. The van der Waals surface area contributed by atoms with Crippen LogP contribution in [0.5, 0.6) is 0 Å². The summed E-state index contributed by atoms with van der Waals surface area (Å²) in [5, 5.41) is 2.87. The molecule has 1 N–H and O–H groups in total. The maximum atomic E-state index is 12.8. The molecule has 1 saturated heterocycles. The maximum absolute atomic E-state index is 12.8. The number of cyclic esters (lactones) is 1. The van der Waals surface area contributed by atoms with E-state index in [-0.39, 0.29) is 23.5 Å². The van der Waals surface area contributed by atoms with Crippen LogP contribution in [0.1, 0.15) is 67.1 Å². The van der Waals surface area contributed by atoms with Gasteiger partial charge in [0.2, 0.25) is 5.91 Å². The largest absolute Gasteiger partial charge is 0.447 e. The van der Waals surface area contributed by atoms with E-state index in [1.807, 2.05) is 11.9 Å². The molecule has 0 aromatic heterocycles. The van der Waals surface area contributed by atoms with Crippen molar-refractivity contribution in [1.82, 2.24) is 10.2 Å². The molecule has 5 rings (SSSR count). The van der Waals surface area contributed by atoms with Crippen LogP contribution in [0.2, 0.25) is 0 Å². The molecule has 0 unspecified atom stereocenters. The molecule has 1 aliphatic heterocycles. The summed E-state index contributed by atoms with van der Waals surface area (Å²) in [5.41, 5.74) is 4.14. The smallest absolute Gasteiger partial charge is 0.407 e. The van der Waals surface area contributed by atoms with Gasteiger partial charge in [0.25, 0.3) is 0 Å². The first kappa shape index (κ1) is 17.1. The lowest BCUT2D eigenvalue weighted by atomic mass is 9.67. The second-order valence-corrected chi connectivity index (χ2v) is 9.25. The highest BCUT2D eigenvalue weighted by atomic mass is 16.6. The third-order valence-electron chi connectivity index (χ3n) is 7.27. The van der Waals surface area contributed by atoms with Crippen LogP contribution in [0.15, 0.2) is 18.2 Å². The van der Waals surface area contributed by atoms with Gasteiger partial charge in [-0.15, -0.1) is 0 Å². The Bertz CT molecular complexity index is 789. The summed E-state index contributed by atoms with van der Waals surface area (Å²) >= 11 is 0. The van der Waals surface area contributed by atoms with Gasteiger partial charge in [-0.3, -0.25) is 4.79 Å². The standard InChI is InChI=1S/C22H28N2O3/c1-13-3-4-15(9-19(13)14-5-6-14)16-7-18(8-16)24(2)20(25)17-10-22(11-17)12-27-21(26)23-22/h3-4,9,14,16-18H,5-8,10-12H2,1-2H3,(H,23,26). The van der Waals surface area contributed by atoms with E-state index in [4.69, 9.17) is 4.74 Å². The van der Waals surface area contributed by atoms with Crippen molar-refractivity contribution >= 4 is 12.0 Å². The fraction of sp³-hybridized carbons (Fsp3) is 0.636. The second kappa shape index (κ2) is 5.98. The van der Waals surface area contributed by atoms with Gasteiger partial charge in [0.15, 0.2) is 0 Å². The maximum Gasteiger partial charge on any atom is 0.407 e. The average molecular weight is 368 g/mol. The molecular formula is C22H28N2O3. The quantitative estimate of drug-likeness (QED) is 0.885. The van der Waals surface area contributed by atoms with Crippen LogP contribution in [0.25, 0.3) is 0 Å². The van der Waals surface area contributed by atoms with Gasteiger partial charge in [-0.25, -0.2) is 4.79 Å². The molecule has 4 fully saturated rings. The van der Waals surface area contributed by atoms with Crippen LogP contribution < -0.4 is 5.32 Å².